The Bertz CT molecular complexity index is 988. The average molecular weight is 455 g/mol. The molecule has 2 aromatic carbocycles. The maximum absolute atomic E-state index is 12.3. The Morgan fingerprint density at radius 1 is 0.909 bits per heavy atom. The van der Waals surface area contributed by atoms with Gasteiger partial charge >= 0.3 is 18.2 Å². The molecule has 1 heterocycles. The van der Waals surface area contributed by atoms with E-state index in [4.69, 9.17) is 9.47 Å². The SMILES string of the molecule is O=C(N=C(NC(=O)OCc1ccccc1)N1CCC(O)(C(=O)O)CC1)OCc1ccccc1. The van der Waals surface area contributed by atoms with Crippen LogP contribution in [0.1, 0.15) is 24.0 Å². The third kappa shape index (κ3) is 7.04. The van der Waals surface area contributed by atoms with E-state index in [1.54, 1.807) is 36.4 Å². The molecule has 0 aromatic heterocycles. The van der Waals surface area contributed by atoms with Gasteiger partial charge in [-0.3, -0.25) is 5.32 Å². The van der Waals surface area contributed by atoms with Crippen molar-refractivity contribution in [2.45, 2.75) is 31.7 Å². The number of rotatable bonds is 5. The van der Waals surface area contributed by atoms with Crippen LogP contribution in [0.2, 0.25) is 0 Å². The van der Waals surface area contributed by atoms with E-state index in [1.165, 1.54) is 4.90 Å². The van der Waals surface area contributed by atoms with Gasteiger partial charge < -0.3 is 24.6 Å². The molecule has 2 amide bonds. The number of ether oxygens (including phenoxy) is 2. The number of benzene rings is 2. The van der Waals surface area contributed by atoms with Crippen molar-refractivity contribution >= 4 is 24.1 Å². The summed E-state index contributed by atoms with van der Waals surface area (Å²) in [6.07, 6.45) is -1.99. The van der Waals surface area contributed by atoms with Gasteiger partial charge in [-0.2, -0.15) is 0 Å². The predicted molar refractivity (Wildman–Crippen MR) is 117 cm³/mol. The molecule has 3 N–H and O–H groups in total. The van der Waals surface area contributed by atoms with Crippen molar-refractivity contribution in [2.24, 2.45) is 4.99 Å². The number of hydrogen-bond acceptors (Lipinski definition) is 6. The molecular weight excluding hydrogens is 430 g/mol. The summed E-state index contributed by atoms with van der Waals surface area (Å²) in [6, 6.07) is 18.1. The van der Waals surface area contributed by atoms with Gasteiger partial charge in [0.15, 0.2) is 5.60 Å². The number of aliphatic imine (C=N–C) groups is 1. The van der Waals surface area contributed by atoms with Crippen LogP contribution in [0.5, 0.6) is 0 Å². The lowest BCUT2D eigenvalue weighted by Crippen LogP contribution is -2.54. The summed E-state index contributed by atoms with van der Waals surface area (Å²) in [7, 11) is 0. The molecule has 0 saturated carbocycles. The highest BCUT2D eigenvalue weighted by atomic mass is 16.6. The number of guanidine groups is 1. The number of carboxylic acid groups (broad SMARTS) is 1. The minimum Gasteiger partial charge on any atom is -0.479 e. The number of nitrogens with one attached hydrogen (secondary N) is 1. The lowest BCUT2D eigenvalue weighted by Gasteiger charge is -2.36. The Morgan fingerprint density at radius 3 is 1.94 bits per heavy atom. The minimum absolute atomic E-state index is 0.00628. The maximum Gasteiger partial charge on any atom is 0.437 e. The summed E-state index contributed by atoms with van der Waals surface area (Å²) in [5.74, 6) is -1.46. The molecule has 0 spiro atoms. The van der Waals surface area contributed by atoms with E-state index in [1.807, 2.05) is 24.3 Å². The zero-order valence-corrected chi connectivity index (χ0v) is 17.8. The number of aliphatic hydroxyl groups is 1. The van der Waals surface area contributed by atoms with Crippen molar-refractivity contribution in [3.05, 3.63) is 71.8 Å². The second-order valence-electron chi connectivity index (χ2n) is 7.49. The van der Waals surface area contributed by atoms with Crippen molar-refractivity contribution in [1.29, 1.82) is 0 Å². The minimum atomic E-state index is -1.87. The highest BCUT2D eigenvalue weighted by molar-refractivity contribution is 5.99. The molecule has 174 valence electrons. The van der Waals surface area contributed by atoms with Crippen LogP contribution in [0.3, 0.4) is 0 Å². The topological polar surface area (TPSA) is 138 Å². The number of piperidine rings is 1. The summed E-state index contributed by atoms with van der Waals surface area (Å²) in [5.41, 5.74) is -0.330. The molecule has 2 aromatic rings. The quantitative estimate of drug-likeness (QED) is 0.462. The van der Waals surface area contributed by atoms with Gasteiger partial charge in [0.05, 0.1) is 0 Å². The number of likely N-dealkylation sites (tertiary alicyclic amines) is 1. The normalized spacial score (nSPS) is 15.4. The van der Waals surface area contributed by atoms with Crippen LogP contribution in [0, 0.1) is 0 Å². The molecule has 10 heteroatoms. The molecule has 1 saturated heterocycles. The van der Waals surface area contributed by atoms with Crippen molar-refractivity contribution in [3.63, 3.8) is 0 Å². The third-order valence-electron chi connectivity index (χ3n) is 5.12. The van der Waals surface area contributed by atoms with Crippen LogP contribution in [-0.4, -0.2) is 57.9 Å². The number of carbonyl (C=O) groups excluding carboxylic acids is 2. The van der Waals surface area contributed by atoms with Gasteiger partial charge in [0.2, 0.25) is 5.96 Å². The number of amides is 2. The van der Waals surface area contributed by atoms with Gasteiger partial charge in [-0.15, -0.1) is 4.99 Å². The summed E-state index contributed by atoms with van der Waals surface area (Å²) < 4.78 is 10.3. The molecule has 0 aliphatic carbocycles. The molecule has 0 bridgehead atoms. The molecule has 0 radical (unpaired) electrons. The molecule has 33 heavy (non-hydrogen) atoms. The number of alkyl carbamates (subject to hydrolysis) is 1. The van der Waals surface area contributed by atoms with E-state index in [0.29, 0.717) is 0 Å². The molecule has 1 fully saturated rings. The van der Waals surface area contributed by atoms with E-state index in [9.17, 15) is 24.6 Å². The van der Waals surface area contributed by atoms with E-state index >= 15 is 0 Å². The first-order valence-electron chi connectivity index (χ1n) is 10.3. The fraction of sp³-hybridized carbons (Fsp3) is 0.304. The van der Waals surface area contributed by atoms with E-state index < -0.39 is 23.8 Å². The summed E-state index contributed by atoms with van der Waals surface area (Å²) in [4.78, 5) is 41.2. The molecule has 0 unspecified atom stereocenters. The molecule has 1 aliphatic heterocycles. The number of nitrogens with zero attached hydrogens (tertiary/aromatic N) is 2. The maximum atomic E-state index is 12.3. The average Bonchev–Trinajstić information content (AvgIpc) is 2.83. The smallest absolute Gasteiger partial charge is 0.437 e. The fourth-order valence-corrected chi connectivity index (χ4v) is 3.17. The predicted octanol–water partition coefficient (Wildman–Crippen LogP) is 2.52. The number of carbonyl (C=O) groups is 3. The van der Waals surface area contributed by atoms with E-state index in [0.717, 1.165) is 11.1 Å². The van der Waals surface area contributed by atoms with Gasteiger partial charge in [0.1, 0.15) is 13.2 Å². The van der Waals surface area contributed by atoms with Crippen molar-refractivity contribution in [2.75, 3.05) is 13.1 Å². The third-order valence-corrected chi connectivity index (χ3v) is 5.12. The second-order valence-corrected chi connectivity index (χ2v) is 7.49. The standard InChI is InChI=1S/C23H25N3O7/c27-19(28)23(31)11-13-26(14-12-23)20(24-21(29)32-15-17-7-3-1-4-8-17)25-22(30)33-16-18-9-5-2-6-10-18/h1-10,31H,11-16H2,(H,27,28)(H,24,25,29,30). The van der Waals surface area contributed by atoms with Crippen LogP contribution < -0.4 is 5.32 Å². The van der Waals surface area contributed by atoms with E-state index in [2.05, 4.69) is 10.3 Å². The molecular formula is C23H25N3O7. The van der Waals surface area contributed by atoms with Crippen LogP contribution in [0.4, 0.5) is 9.59 Å². The fourth-order valence-electron chi connectivity index (χ4n) is 3.17. The van der Waals surface area contributed by atoms with Gasteiger partial charge in [-0.1, -0.05) is 60.7 Å². The van der Waals surface area contributed by atoms with Gasteiger partial charge in [0, 0.05) is 25.9 Å². The Labute approximate surface area is 190 Å². The summed E-state index contributed by atoms with van der Waals surface area (Å²) in [6.45, 7) is 0.101. The summed E-state index contributed by atoms with van der Waals surface area (Å²) >= 11 is 0. The zero-order chi connectivity index (χ0) is 23.7. The Kier molecular flexibility index (Phi) is 7.98. The van der Waals surface area contributed by atoms with Crippen molar-refractivity contribution < 1.29 is 34.1 Å². The van der Waals surface area contributed by atoms with Crippen LogP contribution in [0.25, 0.3) is 0 Å². The molecule has 0 atom stereocenters. The Hall–Kier alpha value is -3.92. The highest BCUT2D eigenvalue weighted by Crippen LogP contribution is 2.22. The summed E-state index contributed by atoms with van der Waals surface area (Å²) in [5, 5.41) is 21.8. The van der Waals surface area contributed by atoms with Crippen LogP contribution in [-0.2, 0) is 27.5 Å². The lowest BCUT2D eigenvalue weighted by atomic mass is 9.92. The van der Waals surface area contributed by atoms with Gasteiger partial charge in [0.25, 0.3) is 0 Å². The first-order valence-corrected chi connectivity index (χ1v) is 10.3. The molecule has 1 aliphatic rings. The second kappa shape index (κ2) is 11.1. The monoisotopic (exact) mass is 455 g/mol. The van der Waals surface area contributed by atoms with Crippen LogP contribution in [0.15, 0.2) is 65.7 Å². The van der Waals surface area contributed by atoms with E-state index in [-0.39, 0.29) is 45.1 Å². The molecule has 3 rings (SSSR count). The van der Waals surface area contributed by atoms with Gasteiger partial charge in [-0.05, 0) is 11.1 Å². The molecule has 10 nitrogen and oxygen atoms in total. The number of carboxylic acids is 1. The lowest BCUT2D eigenvalue weighted by molar-refractivity contribution is -0.162. The first-order chi connectivity index (χ1) is 15.9. The van der Waals surface area contributed by atoms with Crippen molar-refractivity contribution in [1.82, 2.24) is 10.2 Å². The highest BCUT2D eigenvalue weighted by Gasteiger charge is 2.40. The first kappa shape index (κ1) is 23.7. The Morgan fingerprint density at radius 2 is 1.42 bits per heavy atom. The Balaban J connectivity index is 1.65. The number of aliphatic carboxylic acids is 1. The number of hydrogen-bond donors (Lipinski definition) is 3. The van der Waals surface area contributed by atoms with Crippen molar-refractivity contribution in [3.8, 4) is 0 Å². The van der Waals surface area contributed by atoms with Crippen LogP contribution >= 0.6 is 0 Å². The van der Waals surface area contributed by atoms with Gasteiger partial charge in [-0.25, -0.2) is 14.4 Å². The largest absolute Gasteiger partial charge is 0.479 e. The zero-order valence-electron chi connectivity index (χ0n) is 17.8.